The lowest BCUT2D eigenvalue weighted by Gasteiger charge is -2.32. The van der Waals surface area contributed by atoms with Gasteiger partial charge in [0, 0.05) is 62.9 Å². The fourth-order valence-electron chi connectivity index (χ4n) is 4.51. The summed E-state index contributed by atoms with van der Waals surface area (Å²) in [7, 11) is 2.17. The highest BCUT2D eigenvalue weighted by atomic mass is 35.5. The van der Waals surface area contributed by atoms with E-state index < -0.39 is 0 Å². The third kappa shape index (κ3) is 6.56. The van der Waals surface area contributed by atoms with Crippen LogP contribution in [0.25, 0.3) is 0 Å². The van der Waals surface area contributed by atoms with Crippen molar-refractivity contribution in [3.05, 3.63) is 70.2 Å². The quantitative estimate of drug-likeness (QED) is 0.707. The Morgan fingerprint density at radius 3 is 2.30 bits per heavy atom. The van der Waals surface area contributed by atoms with Gasteiger partial charge in [-0.05, 0) is 55.3 Å². The first kappa shape index (κ1) is 23.7. The van der Waals surface area contributed by atoms with Gasteiger partial charge in [0.05, 0.1) is 5.92 Å². The minimum absolute atomic E-state index is 0.0186. The number of nitrogens with one attached hydrogen (secondary N) is 1. The van der Waals surface area contributed by atoms with Crippen molar-refractivity contribution in [3.8, 4) is 0 Å². The van der Waals surface area contributed by atoms with E-state index in [1.165, 1.54) is 5.56 Å². The summed E-state index contributed by atoms with van der Waals surface area (Å²) in [6.45, 7) is 7.06. The normalized spacial score (nSPS) is 19.9. The monoisotopic (exact) mass is 468 g/mol. The second-order valence-corrected chi connectivity index (χ2v) is 9.65. The molecule has 0 radical (unpaired) electrons. The van der Waals surface area contributed by atoms with E-state index in [-0.39, 0.29) is 17.7 Å². The van der Waals surface area contributed by atoms with E-state index >= 15 is 0 Å². The van der Waals surface area contributed by atoms with Gasteiger partial charge >= 0.3 is 0 Å². The number of likely N-dealkylation sites (tertiary alicyclic amines) is 1. The van der Waals surface area contributed by atoms with Crippen molar-refractivity contribution in [2.24, 2.45) is 5.92 Å². The predicted octanol–water partition coefficient (Wildman–Crippen LogP) is 3.26. The van der Waals surface area contributed by atoms with Crippen LogP contribution in [0.2, 0.25) is 5.02 Å². The minimum Gasteiger partial charge on any atom is -0.352 e. The average molecular weight is 469 g/mol. The number of amides is 2. The first-order valence-corrected chi connectivity index (χ1v) is 12.2. The van der Waals surface area contributed by atoms with Crippen LogP contribution in [0.1, 0.15) is 34.3 Å². The van der Waals surface area contributed by atoms with Crippen molar-refractivity contribution in [2.75, 3.05) is 46.3 Å². The van der Waals surface area contributed by atoms with Gasteiger partial charge in [-0.3, -0.25) is 14.5 Å². The van der Waals surface area contributed by atoms with Crippen molar-refractivity contribution in [1.82, 2.24) is 20.0 Å². The van der Waals surface area contributed by atoms with Crippen LogP contribution in [0.15, 0.2) is 48.5 Å². The van der Waals surface area contributed by atoms with Crippen molar-refractivity contribution < 1.29 is 9.59 Å². The molecule has 0 aromatic heterocycles. The van der Waals surface area contributed by atoms with Crippen molar-refractivity contribution in [3.63, 3.8) is 0 Å². The van der Waals surface area contributed by atoms with Gasteiger partial charge in [0.2, 0.25) is 5.91 Å². The molecule has 1 unspecified atom stereocenters. The van der Waals surface area contributed by atoms with Gasteiger partial charge < -0.3 is 15.1 Å². The smallest absolute Gasteiger partial charge is 0.253 e. The Hall–Kier alpha value is -2.41. The minimum atomic E-state index is -0.175. The van der Waals surface area contributed by atoms with E-state index in [9.17, 15) is 9.59 Å². The highest BCUT2D eigenvalue weighted by Crippen LogP contribution is 2.20. The molecular formula is C26H33ClN4O2. The first-order chi connectivity index (χ1) is 16.0. The van der Waals surface area contributed by atoms with Crippen molar-refractivity contribution in [1.29, 1.82) is 0 Å². The van der Waals surface area contributed by atoms with Gasteiger partial charge in [0.15, 0.2) is 0 Å². The molecule has 2 amide bonds. The predicted molar refractivity (Wildman–Crippen MR) is 131 cm³/mol. The van der Waals surface area contributed by atoms with E-state index in [0.29, 0.717) is 30.2 Å². The molecule has 2 fully saturated rings. The summed E-state index contributed by atoms with van der Waals surface area (Å²) in [5.41, 5.74) is 3.01. The zero-order chi connectivity index (χ0) is 23.2. The fourth-order valence-corrected chi connectivity index (χ4v) is 4.64. The number of piperidine rings is 1. The molecule has 176 valence electrons. The van der Waals surface area contributed by atoms with E-state index in [1.54, 1.807) is 29.2 Å². The second kappa shape index (κ2) is 11.1. The summed E-state index contributed by atoms with van der Waals surface area (Å²) in [6, 6.07) is 15.4. The number of rotatable bonds is 6. The molecule has 2 aliphatic rings. The van der Waals surface area contributed by atoms with Gasteiger partial charge in [-0.1, -0.05) is 35.9 Å². The average Bonchev–Trinajstić information content (AvgIpc) is 2.85. The van der Waals surface area contributed by atoms with Gasteiger partial charge in [-0.15, -0.1) is 0 Å². The second-order valence-electron chi connectivity index (χ2n) is 9.21. The molecule has 0 spiro atoms. The number of likely N-dealkylation sites (N-methyl/N-ethyl adjacent to an activating group) is 1. The number of carbonyl (C=O) groups excluding carboxylic acids is 2. The molecule has 33 heavy (non-hydrogen) atoms. The molecular weight excluding hydrogens is 436 g/mol. The van der Waals surface area contributed by atoms with Gasteiger partial charge in [0.1, 0.15) is 0 Å². The third-order valence-electron chi connectivity index (χ3n) is 6.66. The van der Waals surface area contributed by atoms with Gasteiger partial charge in [0.25, 0.3) is 5.91 Å². The van der Waals surface area contributed by atoms with Crippen molar-refractivity contribution >= 4 is 23.4 Å². The van der Waals surface area contributed by atoms with Crippen LogP contribution in [0.4, 0.5) is 0 Å². The van der Waals surface area contributed by atoms with Crippen LogP contribution in [0.3, 0.4) is 0 Å². The molecule has 2 aromatic carbocycles. The standard InChI is InChI=1S/C26H33ClN4O2/c1-29-13-15-30(16-14-29)18-21-6-4-20(5-7-21)17-28-25(32)23-3-2-12-31(19-23)26(33)22-8-10-24(27)11-9-22/h4-11,23H,2-3,12-19H2,1H3,(H,28,32). The molecule has 2 aliphatic heterocycles. The Morgan fingerprint density at radius 1 is 0.939 bits per heavy atom. The number of hydrogen-bond acceptors (Lipinski definition) is 4. The molecule has 2 heterocycles. The molecule has 2 saturated heterocycles. The Labute approximate surface area is 201 Å². The summed E-state index contributed by atoms with van der Waals surface area (Å²) < 4.78 is 0. The first-order valence-electron chi connectivity index (χ1n) is 11.8. The lowest BCUT2D eigenvalue weighted by Crippen LogP contribution is -2.45. The van der Waals surface area contributed by atoms with Gasteiger partial charge in [-0.2, -0.15) is 0 Å². The maximum atomic E-state index is 12.8. The van der Waals surface area contributed by atoms with E-state index in [0.717, 1.165) is 51.1 Å². The van der Waals surface area contributed by atoms with Crippen LogP contribution < -0.4 is 5.32 Å². The van der Waals surface area contributed by atoms with Gasteiger partial charge in [-0.25, -0.2) is 0 Å². The number of carbonyl (C=O) groups is 2. The van der Waals surface area contributed by atoms with Crippen LogP contribution in [-0.4, -0.2) is 72.8 Å². The zero-order valence-electron chi connectivity index (χ0n) is 19.3. The number of halogens is 1. The number of piperazine rings is 1. The summed E-state index contributed by atoms with van der Waals surface area (Å²) in [6.07, 6.45) is 1.64. The fraction of sp³-hybridized carbons (Fsp3) is 0.462. The van der Waals surface area contributed by atoms with Crippen LogP contribution >= 0.6 is 11.6 Å². The molecule has 1 N–H and O–H groups in total. The Kier molecular flexibility index (Phi) is 8.02. The summed E-state index contributed by atoms with van der Waals surface area (Å²) in [5, 5.41) is 3.68. The van der Waals surface area contributed by atoms with Crippen LogP contribution in [0, 0.1) is 5.92 Å². The van der Waals surface area contributed by atoms with Crippen LogP contribution in [0.5, 0.6) is 0 Å². The third-order valence-corrected chi connectivity index (χ3v) is 6.91. The molecule has 0 saturated carbocycles. The Balaban J connectivity index is 1.25. The topological polar surface area (TPSA) is 55.9 Å². The maximum absolute atomic E-state index is 12.8. The Morgan fingerprint density at radius 2 is 1.61 bits per heavy atom. The SMILES string of the molecule is CN1CCN(Cc2ccc(CNC(=O)C3CCCN(C(=O)c4ccc(Cl)cc4)C3)cc2)CC1. The molecule has 6 nitrogen and oxygen atoms in total. The lowest BCUT2D eigenvalue weighted by molar-refractivity contribution is -0.126. The summed E-state index contributed by atoms with van der Waals surface area (Å²) in [4.78, 5) is 32.2. The van der Waals surface area contributed by atoms with Crippen LogP contribution in [-0.2, 0) is 17.9 Å². The zero-order valence-corrected chi connectivity index (χ0v) is 20.1. The highest BCUT2D eigenvalue weighted by Gasteiger charge is 2.28. The van der Waals surface area contributed by atoms with E-state index in [1.807, 2.05) is 0 Å². The van der Waals surface area contributed by atoms with E-state index in [4.69, 9.17) is 11.6 Å². The van der Waals surface area contributed by atoms with E-state index in [2.05, 4.69) is 46.4 Å². The molecule has 0 bridgehead atoms. The summed E-state index contributed by atoms with van der Waals surface area (Å²) in [5.74, 6) is -0.197. The molecule has 1 atom stereocenters. The molecule has 2 aromatic rings. The largest absolute Gasteiger partial charge is 0.352 e. The van der Waals surface area contributed by atoms with Crippen molar-refractivity contribution in [2.45, 2.75) is 25.9 Å². The molecule has 4 rings (SSSR count). The summed E-state index contributed by atoms with van der Waals surface area (Å²) >= 11 is 5.93. The molecule has 7 heteroatoms. The number of benzene rings is 2. The lowest BCUT2D eigenvalue weighted by atomic mass is 9.96. The Bertz CT molecular complexity index is 940. The number of hydrogen-bond donors (Lipinski definition) is 1. The highest BCUT2D eigenvalue weighted by molar-refractivity contribution is 6.30. The molecule has 0 aliphatic carbocycles. The number of nitrogens with zero attached hydrogens (tertiary/aromatic N) is 3. The maximum Gasteiger partial charge on any atom is 0.253 e.